The second kappa shape index (κ2) is 5.30. The lowest BCUT2D eigenvalue weighted by Gasteiger charge is -2.36. The highest BCUT2D eigenvalue weighted by atomic mass is 16.4. The van der Waals surface area contributed by atoms with E-state index < -0.39 is 17.6 Å². The molecule has 0 saturated carbocycles. The molecule has 1 atom stereocenters. The minimum Gasteiger partial charge on any atom is -0.480 e. The molecule has 16 heavy (non-hydrogen) atoms. The highest BCUT2D eigenvalue weighted by molar-refractivity contribution is 5.89. The summed E-state index contributed by atoms with van der Waals surface area (Å²) in [6.07, 6.45) is 0. The summed E-state index contributed by atoms with van der Waals surface area (Å²) in [5, 5.41) is 9.08. The van der Waals surface area contributed by atoms with Crippen LogP contribution in [0.1, 0.15) is 34.6 Å². The van der Waals surface area contributed by atoms with Crippen LogP contribution in [-0.2, 0) is 9.59 Å². The van der Waals surface area contributed by atoms with Crippen molar-refractivity contribution in [2.45, 2.75) is 46.2 Å². The molecule has 0 unspecified atom stereocenters. The molecule has 3 N–H and O–H groups in total. The van der Waals surface area contributed by atoms with Crippen LogP contribution in [0.3, 0.4) is 0 Å². The molecule has 1 amide bonds. The van der Waals surface area contributed by atoms with Crippen LogP contribution in [0.25, 0.3) is 0 Å². The van der Waals surface area contributed by atoms with Crippen molar-refractivity contribution < 1.29 is 14.7 Å². The van der Waals surface area contributed by atoms with Gasteiger partial charge in [0.2, 0.25) is 5.91 Å². The van der Waals surface area contributed by atoms with Gasteiger partial charge in [0.1, 0.15) is 5.54 Å². The van der Waals surface area contributed by atoms with Crippen LogP contribution in [0.4, 0.5) is 0 Å². The summed E-state index contributed by atoms with van der Waals surface area (Å²) < 4.78 is 0. The van der Waals surface area contributed by atoms with E-state index in [2.05, 4.69) is 0 Å². The number of rotatable bonds is 5. The van der Waals surface area contributed by atoms with E-state index in [1.54, 1.807) is 6.92 Å². The van der Waals surface area contributed by atoms with E-state index in [0.29, 0.717) is 6.54 Å². The first-order chi connectivity index (χ1) is 7.16. The Kier molecular flexibility index (Phi) is 4.93. The number of carboxylic acids is 1. The largest absolute Gasteiger partial charge is 0.480 e. The third-order valence-electron chi connectivity index (χ3n) is 2.78. The standard InChI is InChI=1S/C11H22N2O3/c1-6-13(11(4,5)10(15)16)9(14)8(12)7(2)3/h7-8H,6,12H2,1-5H3,(H,15,16)/t8-/m1/s1. The highest BCUT2D eigenvalue weighted by Crippen LogP contribution is 2.17. The molecule has 5 nitrogen and oxygen atoms in total. The quantitative estimate of drug-likeness (QED) is 0.727. The van der Waals surface area contributed by atoms with Gasteiger partial charge in [0.05, 0.1) is 6.04 Å². The van der Waals surface area contributed by atoms with E-state index >= 15 is 0 Å². The molecule has 0 bridgehead atoms. The molecular weight excluding hydrogens is 208 g/mol. The summed E-state index contributed by atoms with van der Waals surface area (Å²) in [5.74, 6) is -1.35. The van der Waals surface area contributed by atoms with Crippen molar-refractivity contribution in [2.75, 3.05) is 6.54 Å². The third kappa shape index (κ3) is 2.95. The SMILES string of the molecule is CCN(C(=O)[C@H](N)C(C)C)C(C)(C)C(=O)O. The second-order valence-corrected chi connectivity index (χ2v) is 4.72. The van der Waals surface area contributed by atoms with Crippen LogP contribution < -0.4 is 5.73 Å². The van der Waals surface area contributed by atoms with Gasteiger partial charge in [0, 0.05) is 6.54 Å². The fourth-order valence-corrected chi connectivity index (χ4v) is 1.41. The predicted molar refractivity (Wildman–Crippen MR) is 61.9 cm³/mol. The number of carboxylic acid groups (broad SMARTS) is 1. The molecule has 0 fully saturated rings. The van der Waals surface area contributed by atoms with Gasteiger partial charge in [-0.25, -0.2) is 4.79 Å². The van der Waals surface area contributed by atoms with Gasteiger partial charge in [-0.1, -0.05) is 13.8 Å². The number of hydrogen-bond donors (Lipinski definition) is 2. The average Bonchev–Trinajstić information content (AvgIpc) is 2.16. The van der Waals surface area contributed by atoms with Gasteiger partial charge >= 0.3 is 5.97 Å². The minimum atomic E-state index is -1.22. The first-order valence-corrected chi connectivity index (χ1v) is 5.46. The van der Waals surface area contributed by atoms with Gasteiger partial charge in [-0.3, -0.25) is 4.79 Å². The molecular formula is C11H22N2O3. The molecule has 0 aliphatic rings. The van der Waals surface area contributed by atoms with E-state index in [1.807, 2.05) is 13.8 Å². The van der Waals surface area contributed by atoms with Crippen LogP contribution in [0.15, 0.2) is 0 Å². The van der Waals surface area contributed by atoms with Crippen LogP contribution >= 0.6 is 0 Å². The highest BCUT2D eigenvalue weighted by Gasteiger charge is 2.39. The van der Waals surface area contributed by atoms with Crippen molar-refractivity contribution >= 4 is 11.9 Å². The summed E-state index contributed by atoms with van der Waals surface area (Å²) in [4.78, 5) is 24.4. The fraction of sp³-hybridized carbons (Fsp3) is 0.818. The molecule has 0 aliphatic heterocycles. The average molecular weight is 230 g/mol. The van der Waals surface area contributed by atoms with Gasteiger partial charge in [-0.05, 0) is 26.7 Å². The molecule has 5 heteroatoms. The number of hydrogen-bond acceptors (Lipinski definition) is 3. The number of amides is 1. The number of nitrogens with two attached hydrogens (primary N) is 1. The van der Waals surface area contributed by atoms with E-state index in [1.165, 1.54) is 18.7 Å². The van der Waals surface area contributed by atoms with Crippen LogP contribution in [0, 0.1) is 5.92 Å². The first-order valence-electron chi connectivity index (χ1n) is 5.46. The smallest absolute Gasteiger partial charge is 0.329 e. The summed E-state index contributed by atoms with van der Waals surface area (Å²) in [5.41, 5.74) is 4.53. The molecule has 0 aliphatic carbocycles. The van der Waals surface area contributed by atoms with Crippen molar-refractivity contribution in [3.8, 4) is 0 Å². The van der Waals surface area contributed by atoms with Gasteiger partial charge < -0.3 is 15.7 Å². The van der Waals surface area contributed by atoms with Crippen LogP contribution in [-0.4, -0.2) is 40.0 Å². The number of carbonyl (C=O) groups is 2. The molecule has 94 valence electrons. The number of likely N-dealkylation sites (N-methyl/N-ethyl adjacent to an activating group) is 1. The van der Waals surface area contributed by atoms with Crippen molar-refractivity contribution in [1.29, 1.82) is 0 Å². The normalized spacial score (nSPS) is 13.7. The molecule has 0 heterocycles. The Morgan fingerprint density at radius 3 is 2.06 bits per heavy atom. The lowest BCUT2D eigenvalue weighted by molar-refractivity contribution is -0.157. The fourth-order valence-electron chi connectivity index (χ4n) is 1.41. The zero-order valence-corrected chi connectivity index (χ0v) is 10.7. The second-order valence-electron chi connectivity index (χ2n) is 4.72. The monoisotopic (exact) mass is 230 g/mol. The van der Waals surface area contributed by atoms with Gasteiger partial charge in [0.25, 0.3) is 0 Å². The summed E-state index contributed by atoms with van der Waals surface area (Å²) in [7, 11) is 0. The number of nitrogens with zero attached hydrogens (tertiary/aromatic N) is 1. The molecule has 0 saturated heterocycles. The van der Waals surface area contributed by atoms with Crippen LogP contribution in [0.5, 0.6) is 0 Å². The van der Waals surface area contributed by atoms with E-state index in [0.717, 1.165) is 0 Å². The third-order valence-corrected chi connectivity index (χ3v) is 2.78. The van der Waals surface area contributed by atoms with E-state index in [-0.39, 0.29) is 11.8 Å². The Hall–Kier alpha value is -1.10. The molecule has 0 aromatic rings. The topological polar surface area (TPSA) is 83.6 Å². The Morgan fingerprint density at radius 1 is 1.38 bits per heavy atom. The van der Waals surface area contributed by atoms with Crippen molar-refractivity contribution in [1.82, 2.24) is 4.90 Å². The zero-order valence-electron chi connectivity index (χ0n) is 10.7. The maximum absolute atomic E-state index is 12.0. The molecule has 0 aromatic carbocycles. The molecule has 0 aromatic heterocycles. The van der Waals surface area contributed by atoms with Crippen molar-refractivity contribution in [2.24, 2.45) is 11.7 Å². The van der Waals surface area contributed by atoms with E-state index in [4.69, 9.17) is 10.8 Å². The van der Waals surface area contributed by atoms with Crippen molar-refractivity contribution in [3.63, 3.8) is 0 Å². The maximum Gasteiger partial charge on any atom is 0.329 e. The predicted octanol–water partition coefficient (Wildman–Crippen LogP) is 0.681. The Morgan fingerprint density at radius 2 is 1.81 bits per heavy atom. The Balaban J connectivity index is 5.01. The minimum absolute atomic E-state index is 0.00820. The summed E-state index contributed by atoms with van der Waals surface area (Å²) in [6.45, 7) is 8.76. The first kappa shape index (κ1) is 14.9. The molecule has 0 rings (SSSR count). The van der Waals surface area contributed by atoms with E-state index in [9.17, 15) is 9.59 Å². The van der Waals surface area contributed by atoms with Gasteiger partial charge in [0.15, 0.2) is 0 Å². The lowest BCUT2D eigenvalue weighted by Crippen LogP contribution is -2.58. The zero-order chi connectivity index (χ0) is 13.1. The summed E-state index contributed by atoms with van der Waals surface area (Å²) >= 11 is 0. The Bertz CT molecular complexity index is 274. The molecule has 0 radical (unpaired) electrons. The van der Waals surface area contributed by atoms with Gasteiger partial charge in [-0.15, -0.1) is 0 Å². The maximum atomic E-state index is 12.0. The number of aliphatic carboxylic acids is 1. The van der Waals surface area contributed by atoms with Gasteiger partial charge in [-0.2, -0.15) is 0 Å². The van der Waals surface area contributed by atoms with Crippen molar-refractivity contribution in [3.05, 3.63) is 0 Å². The number of carbonyl (C=O) groups excluding carboxylic acids is 1. The lowest BCUT2D eigenvalue weighted by atomic mass is 9.98. The molecule has 0 spiro atoms. The Labute approximate surface area is 96.6 Å². The summed E-state index contributed by atoms with van der Waals surface area (Å²) in [6, 6.07) is -0.654. The van der Waals surface area contributed by atoms with Crippen LogP contribution in [0.2, 0.25) is 0 Å².